The molecule has 1 amide bonds. The fourth-order valence-corrected chi connectivity index (χ4v) is 4.39. The summed E-state index contributed by atoms with van der Waals surface area (Å²) in [5.74, 6) is -1.03. The van der Waals surface area contributed by atoms with E-state index in [-0.39, 0.29) is 0 Å². The van der Waals surface area contributed by atoms with Crippen LogP contribution in [0, 0.1) is 0 Å². The van der Waals surface area contributed by atoms with Crippen molar-refractivity contribution in [2.24, 2.45) is 0 Å². The fraction of sp³-hybridized carbons (Fsp3) is 0.0435. The van der Waals surface area contributed by atoms with E-state index in [1.54, 1.807) is 0 Å². The molecule has 4 rings (SSSR count). The van der Waals surface area contributed by atoms with Crippen molar-refractivity contribution >= 4 is 50.6 Å². The topological polar surface area (TPSA) is 55.4 Å². The van der Waals surface area contributed by atoms with Gasteiger partial charge in [-0.1, -0.05) is 78.3 Å². The molecule has 0 radical (unpaired) electrons. The monoisotopic (exact) mass is 421 g/mol. The molecular weight excluding hydrogens is 406 g/mol. The second-order valence-corrected chi connectivity index (χ2v) is 7.71. The zero-order valence-electron chi connectivity index (χ0n) is 15.2. The smallest absolute Gasteiger partial charge is 0.350 e. The quantitative estimate of drug-likeness (QED) is 0.401. The minimum atomic E-state index is -0.609. The van der Waals surface area contributed by atoms with E-state index in [4.69, 9.17) is 16.3 Å². The molecule has 3 aromatic carbocycles. The molecule has 0 unspecified atom stereocenters. The number of hydrogen-bond donors (Lipinski definition) is 1. The lowest BCUT2D eigenvalue weighted by Gasteiger charge is -2.11. The van der Waals surface area contributed by atoms with E-state index in [0.717, 1.165) is 21.2 Å². The maximum Gasteiger partial charge on any atom is 0.350 e. The van der Waals surface area contributed by atoms with Gasteiger partial charge >= 0.3 is 5.97 Å². The molecule has 1 aromatic heterocycles. The Kier molecular flexibility index (Phi) is 5.60. The molecule has 0 aliphatic heterocycles. The van der Waals surface area contributed by atoms with Crippen molar-refractivity contribution in [1.29, 1.82) is 0 Å². The summed E-state index contributed by atoms with van der Waals surface area (Å²) in [7, 11) is 0. The number of benzene rings is 3. The van der Waals surface area contributed by atoms with Gasteiger partial charge in [-0.2, -0.15) is 0 Å². The number of carbonyl (C=O) groups excluding carboxylic acids is 2. The maximum atomic E-state index is 12.4. The first-order chi connectivity index (χ1) is 14.1. The van der Waals surface area contributed by atoms with Gasteiger partial charge in [0.05, 0.1) is 5.02 Å². The summed E-state index contributed by atoms with van der Waals surface area (Å²) in [6.45, 7) is -0.396. The number of carbonyl (C=O) groups is 2. The normalized spacial score (nSPS) is 10.7. The van der Waals surface area contributed by atoms with Crippen molar-refractivity contribution in [3.8, 4) is 11.1 Å². The minimum Gasteiger partial charge on any atom is -0.451 e. The van der Waals surface area contributed by atoms with Crippen LogP contribution in [0.5, 0.6) is 0 Å². The van der Waals surface area contributed by atoms with Gasteiger partial charge in [0.1, 0.15) is 4.88 Å². The van der Waals surface area contributed by atoms with Crippen LogP contribution in [0.2, 0.25) is 5.02 Å². The molecule has 0 fully saturated rings. The summed E-state index contributed by atoms with van der Waals surface area (Å²) in [4.78, 5) is 25.1. The highest BCUT2D eigenvalue weighted by molar-refractivity contribution is 7.21. The van der Waals surface area contributed by atoms with E-state index in [2.05, 4.69) is 5.32 Å². The van der Waals surface area contributed by atoms with Crippen LogP contribution in [0.15, 0.2) is 78.9 Å². The maximum absolute atomic E-state index is 12.4. The number of fused-ring (bicyclic) bond motifs is 1. The van der Waals surface area contributed by atoms with Crippen molar-refractivity contribution in [1.82, 2.24) is 0 Å². The first-order valence-corrected chi connectivity index (χ1v) is 10.1. The third-order valence-electron chi connectivity index (χ3n) is 4.34. The zero-order chi connectivity index (χ0) is 20.2. The van der Waals surface area contributed by atoms with Crippen LogP contribution < -0.4 is 5.32 Å². The number of thiophene rings is 1. The Bertz CT molecular complexity index is 1190. The standard InChI is InChI=1S/C23H16ClNO3S/c24-21-17-11-5-7-13-19(17)29-22(21)23(27)28-14-20(26)25-18-12-6-4-10-16(18)15-8-2-1-3-9-15/h1-13H,14H2,(H,25,26). The lowest BCUT2D eigenvalue weighted by Crippen LogP contribution is -2.21. The Balaban J connectivity index is 1.44. The van der Waals surface area contributed by atoms with Crippen molar-refractivity contribution in [2.75, 3.05) is 11.9 Å². The van der Waals surface area contributed by atoms with Crippen LogP contribution in [-0.4, -0.2) is 18.5 Å². The summed E-state index contributed by atoms with van der Waals surface area (Å²) < 4.78 is 6.09. The molecule has 0 aliphatic rings. The SMILES string of the molecule is O=C(COC(=O)c1sc2ccccc2c1Cl)Nc1ccccc1-c1ccccc1. The van der Waals surface area contributed by atoms with E-state index in [9.17, 15) is 9.59 Å². The molecule has 1 heterocycles. The van der Waals surface area contributed by atoms with E-state index in [1.807, 2.05) is 78.9 Å². The van der Waals surface area contributed by atoms with Gasteiger partial charge in [0.2, 0.25) is 0 Å². The molecule has 4 nitrogen and oxygen atoms in total. The lowest BCUT2D eigenvalue weighted by molar-refractivity contribution is -0.119. The Labute approximate surface area is 176 Å². The number of rotatable bonds is 5. The Morgan fingerprint density at radius 2 is 1.59 bits per heavy atom. The highest BCUT2D eigenvalue weighted by Crippen LogP contribution is 2.35. The number of ether oxygens (including phenoxy) is 1. The number of nitrogens with one attached hydrogen (secondary N) is 1. The van der Waals surface area contributed by atoms with Gasteiger partial charge in [-0.3, -0.25) is 4.79 Å². The fourth-order valence-electron chi connectivity index (χ4n) is 2.99. The molecule has 4 aromatic rings. The summed E-state index contributed by atoms with van der Waals surface area (Å²) in [6.07, 6.45) is 0. The largest absolute Gasteiger partial charge is 0.451 e. The van der Waals surface area contributed by atoms with Crippen LogP contribution in [-0.2, 0) is 9.53 Å². The summed E-state index contributed by atoms with van der Waals surface area (Å²) in [6, 6.07) is 24.7. The highest BCUT2D eigenvalue weighted by atomic mass is 35.5. The number of esters is 1. The highest BCUT2D eigenvalue weighted by Gasteiger charge is 2.19. The predicted molar refractivity (Wildman–Crippen MR) is 118 cm³/mol. The van der Waals surface area contributed by atoms with Gasteiger partial charge in [-0.25, -0.2) is 4.79 Å². The molecule has 0 bridgehead atoms. The molecular formula is C23H16ClNO3S. The second-order valence-electron chi connectivity index (χ2n) is 6.28. The van der Waals surface area contributed by atoms with Crippen molar-refractivity contribution in [3.63, 3.8) is 0 Å². The van der Waals surface area contributed by atoms with Crippen molar-refractivity contribution in [3.05, 3.63) is 88.8 Å². The third kappa shape index (κ3) is 4.16. The predicted octanol–water partition coefficient (Wildman–Crippen LogP) is 6.02. The van der Waals surface area contributed by atoms with Gasteiger partial charge in [0.15, 0.2) is 6.61 Å². The number of amides is 1. The molecule has 0 aliphatic carbocycles. The van der Waals surface area contributed by atoms with Crippen LogP contribution in [0.25, 0.3) is 21.2 Å². The van der Waals surface area contributed by atoms with Crippen molar-refractivity contribution in [2.45, 2.75) is 0 Å². The van der Waals surface area contributed by atoms with E-state index < -0.39 is 18.5 Å². The average Bonchev–Trinajstić information content (AvgIpc) is 3.10. The first-order valence-electron chi connectivity index (χ1n) is 8.92. The van der Waals surface area contributed by atoms with Crippen LogP contribution in [0.4, 0.5) is 5.69 Å². The Morgan fingerprint density at radius 3 is 2.38 bits per heavy atom. The molecule has 0 saturated carbocycles. The van der Waals surface area contributed by atoms with Crippen LogP contribution >= 0.6 is 22.9 Å². The Morgan fingerprint density at radius 1 is 0.897 bits per heavy atom. The molecule has 1 N–H and O–H groups in total. The van der Waals surface area contributed by atoms with Gasteiger partial charge in [0.25, 0.3) is 5.91 Å². The van der Waals surface area contributed by atoms with E-state index in [0.29, 0.717) is 15.6 Å². The number of halogens is 1. The average molecular weight is 422 g/mol. The van der Waals surface area contributed by atoms with Gasteiger partial charge in [0, 0.05) is 21.3 Å². The van der Waals surface area contributed by atoms with Gasteiger partial charge in [-0.05, 0) is 17.7 Å². The van der Waals surface area contributed by atoms with E-state index >= 15 is 0 Å². The molecule has 6 heteroatoms. The molecule has 144 valence electrons. The van der Waals surface area contributed by atoms with Gasteiger partial charge < -0.3 is 10.1 Å². The van der Waals surface area contributed by atoms with Gasteiger partial charge in [-0.15, -0.1) is 11.3 Å². The molecule has 0 atom stereocenters. The second kappa shape index (κ2) is 8.47. The van der Waals surface area contributed by atoms with Crippen LogP contribution in [0.3, 0.4) is 0 Å². The third-order valence-corrected chi connectivity index (χ3v) is 6.00. The molecule has 0 saturated heterocycles. The number of anilines is 1. The van der Waals surface area contributed by atoms with E-state index in [1.165, 1.54) is 11.3 Å². The molecule has 0 spiro atoms. The summed E-state index contributed by atoms with van der Waals surface area (Å²) in [5.41, 5.74) is 2.53. The number of hydrogen-bond acceptors (Lipinski definition) is 4. The molecule has 29 heavy (non-hydrogen) atoms. The van der Waals surface area contributed by atoms with Crippen molar-refractivity contribution < 1.29 is 14.3 Å². The summed E-state index contributed by atoms with van der Waals surface area (Å²) in [5, 5.41) is 3.96. The number of para-hydroxylation sites is 1. The summed E-state index contributed by atoms with van der Waals surface area (Å²) >= 11 is 7.54. The lowest BCUT2D eigenvalue weighted by atomic mass is 10.0. The Hall–Kier alpha value is -3.15. The first kappa shape index (κ1) is 19.2. The van der Waals surface area contributed by atoms with Crippen LogP contribution in [0.1, 0.15) is 9.67 Å². The zero-order valence-corrected chi connectivity index (χ0v) is 16.8. The minimum absolute atomic E-state index is 0.297.